The van der Waals surface area contributed by atoms with Crippen LogP contribution in [0.2, 0.25) is 0 Å². The minimum absolute atomic E-state index is 0. The van der Waals surface area contributed by atoms with Crippen molar-refractivity contribution in [3.05, 3.63) is 235 Å². The molecule has 112 heavy (non-hydrogen) atoms. The van der Waals surface area contributed by atoms with Gasteiger partial charge < -0.3 is 19.3 Å². The molecule has 30 heteroatoms. The second-order valence-electron chi connectivity index (χ2n) is 28.9. The van der Waals surface area contributed by atoms with E-state index >= 15 is 0 Å². The number of imide groups is 1. The van der Waals surface area contributed by atoms with E-state index in [0.29, 0.717) is 99.2 Å². The van der Waals surface area contributed by atoms with E-state index in [2.05, 4.69) is 39.5 Å². The Morgan fingerprint density at radius 1 is 0.527 bits per heavy atom. The number of aliphatic imine (C=N–C) groups is 1. The van der Waals surface area contributed by atoms with Crippen LogP contribution in [0.25, 0.3) is 22.8 Å². The SMILES string of the molecule is CC1(C)C(c2cc(CCCCCC(=O)NCCCCC[N+]3=C(/C=C/C=C4/N(CCCCS(=O)(=O)O)c5ccc(S(=O)(=O)[O-])cc5C4(C)C)C(C)(C)c4cc(S(=O)(=O)[O-])ccc43)ccn2)=Nc2ccc(S(=O)(=O)NCCCCCN3C(=O)C=CC3=O)cc21.[Ru].c1ccc(-c2ccccn2)nc1.c1ccc(-c2ccccn2)nc1. The summed E-state index contributed by atoms with van der Waals surface area (Å²) in [4.78, 5) is 65.4. The predicted octanol–water partition coefficient (Wildman–Crippen LogP) is 12.3. The zero-order chi connectivity index (χ0) is 79.8. The van der Waals surface area contributed by atoms with Crippen molar-refractivity contribution in [2.75, 3.05) is 43.4 Å². The summed E-state index contributed by atoms with van der Waals surface area (Å²) < 4.78 is 137. The first-order chi connectivity index (χ1) is 52.7. The zero-order valence-corrected chi connectivity index (χ0v) is 68.3. The monoisotopic (exact) mass is 1680 g/mol. The molecule has 0 atom stereocenters. The molecule has 5 aromatic heterocycles. The number of nitrogens with one attached hydrogen (secondary N) is 2. The summed E-state index contributed by atoms with van der Waals surface area (Å²) in [6, 6.07) is 40.6. The quantitative estimate of drug-likeness (QED) is 0.0116. The van der Waals surface area contributed by atoms with Gasteiger partial charge in [-0.05, 0) is 217 Å². The molecule has 0 unspecified atom stereocenters. The second kappa shape index (κ2) is 38.0. The van der Waals surface area contributed by atoms with Crippen LogP contribution in [0.4, 0.5) is 17.1 Å². The molecular weight excluding hydrogens is 1590 g/mol. The van der Waals surface area contributed by atoms with Gasteiger partial charge in [0, 0.05) is 142 Å². The number of carbonyl (C=O) groups is 3. The molecule has 0 saturated heterocycles. The van der Waals surface area contributed by atoms with Crippen LogP contribution >= 0.6 is 0 Å². The molecule has 0 bridgehead atoms. The van der Waals surface area contributed by atoms with E-state index in [-0.39, 0.29) is 71.4 Å². The first-order valence-corrected chi connectivity index (χ1v) is 42.8. The van der Waals surface area contributed by atoms with Crippen molar-refractivity contribution in [3.8, 4) is 22.8 Å². The first kappa shape index (κ1) is 86.6. The number of sulfonamides is 1. The molecule has 3 aromatic carbocycles. The fourth-order valence-electron chi connectivity index (χ4n) is 13.9. The Kier molecular flexibility index (Phi) is 29.4. The number of benzene rings is 3. The third-order valence-corrected chi connectivity index (χ3v) is 23.8. The number of carbonyl (C=O) groups excluding carboxylic acids is 3. The third-order valence-electron chi connectivity index (χ3n) is 19.9. The number of hydrogen-bond donors (Lipinski definition) is 3. The van der Waals surface area contributed by atoms with Gasteiger partial charge in [-0.2, -0.15) is 13.0 Å². The molecule has 0 aliphatic carbocycles. The van der Waals surface area contributed by atoms with Gasteiger partial charge in [-0.1, -0.05) is 57.0 Å². The van der Waals surface area contributed by atoms with Crippen molar-refractivity contribution in [2.45, 2.75) is 156 Å². The fourth-order valence-corrected chi connectivity index (χ4v) is 16.6. The topological polar surface area (TPSA) is 364 Å². The molecule has 3 N–H and O–H groups in total. The molecule has 4 aliphatic heterocycles. The van der Waals surface area contributed by atoms with E-state index < -0.39 is 62.4 Å². The largest absolute Gasteiger partial charge is 0.744 e. The van der Waals surface area contributed by atoms with Crippen molar-refractivity contribution in [1.29, 1.82) is 0 Å². The number of aromatic nitrogens is 5. The van der Waals surface area contributed by atoms with Crippen LogP contribution in [0.1, 0.15) is 147 Å². The Labute approximate surface area is 669 Å². The fraction of sp³-hybridized carbons (Fsp3) is 0.341. The van der Waals surface area contributed by atoms with E-state index in [1.54, 1.807) is 61.3 Å². The molecule has 0 radical (unpaired) electrons. The van der Waals surface area contributed by atoms with E-state index in [0.717, 1.165) is 82.4 Å². The van der Waals surface area contributed by atoms with Gasteiger partial charge in [0.05, 0.1) is 65.7 Å². The number of allylic oxidation sites excluding steroid dienone is 4. The standard InChI is InChI=1S/C62H77N7O14S4.2C10H8N2.Ru/c1-60(2)48-41-45(86(78,79)80)24-27-52(48)67(54(60)20-18-21-55-61(3,4)49-42-46(87(81,82)83)25-28-53(49)68(55)36-16-17-38-84(73,74)75)35-14-8-12-32-64-56(70)22-11-7-10-19-43-31-34-63-51(39-43)59-62(5,6)47-40-44(23-26-50(47)66-59)85(76,77)65-33-13-9-15-37-69-57(71)29-30-58(69)72;2*1-3-7-11-9(5-1)10-6-2-4-8-12-10;/h18,20-21,23-31,34,39-42,65H,7-17,19,22,32-33,35-38H2,1-6H3,(H3-,64,70,73,74,75,78,79,80,81,82,83);2*1-8H;/p-1. The van der Waals surface area contributed by atoms with Crippen molar-refractivity contribution in [1.82, 2.24) is 39.9 Å². The Morgan fingerprint density at radius 2 is 1.05 bits per heavy atom. The number of nitrogens with zero attached hydrogens (tertiary/aromatic N) is 9. The summed E-state index contributed by atoms with van der Waals surface area (Å²) in [5.74, 6) is -1.14. The van der Waals surface area contributed by atoms with Gasteiger partial charge in [-0.15, -0.1) is 0 Å². The van der Waals surface area contributed by atoms with Gasteiger partial charge in [0.1, 0.15) is 26.8 Å². The maximum absolute atomic E-state index is 13.4. The van der Waals surface area contributed by atoms with Gasteiger partial charge in [0.2, 0.25) is 21.6 Å². The summed E-state index contributed by atoms with van der Waals surface area (Å²) in [5, 5.41) is 3.05. The number of pyridine rings is 5. The van der Waals surface area contributed by atoms with E-state index in [4.69, 9.17) is 4.99 Å². The summed E-state index contributed by atoms with van der Waals surface area (Å²) >= 11 is 0. The number of hydrogen-bond acceptors (Lipinski definition) is 20. The molecule has 3 amide bonds. The van der Waals surface area contributed by atoms with Crippen LogP contribution in [0.3, 0.4) is 0 Å². The number of fused-ring (bicyclic) bond motifs is 3. The maximum atomic E-state index is 13.4. The Balaban J connectivity index is 0.000000482. The Morgan fingerprint density at radius 3 is 1.63 bits per heavy atom. The molecule has 25 nitrogen and oxygen atoms in total. The molecular formula is C82H92N11O14RuS4-. The van der Waals surface area contributed by atoms with Gasteiger partial charge >= 0.3 is 0 Å². The van der Waals surface area contributed by atoms with Gasteiger partial charge in [-0.25, -0.2) is 35.0 Å². The van der Waals surface area contributed by atoms with E-state index in [9.17, 15) is 61.7 Å². The van der Waals surface area contributed by atoms with E-state index in [1.165, 1.54) is 41.3 Å². The smallest absolute Gasteiger partial charge is 0.264 e. The van der Waals surface area contributed by atoms with Crippen LogP contribution in [-0.4, -0.2) is 149 Å². The summed E-state index contributed by atoms with van der Waals surface area (Å²) in [6.07, 6.45) is 24.9. The molecule has 592 valence electrons. The zero-order valence-electron chi connectivity index (χ0n) is 63.3. The molecule has 4 aliphatic rings. The average molecular weight is 1690 g/mol. The van der Waals surface area contributed by atoms with Gasteiger partial charge in [-0.3, -0.25) is 48.8 Å². The maximum Gasteiger partial charge on any atom is 0.264 e. The average Bonchev–Trinajstić information content (AvgIpc) is 1.59. The predicted molar refractivity (Wildman–Crippen MR) is 424 cm³/mol. The summed E-state index contributed by atoms with van der Waals surface area (Å²) in [5.41, 5.74) is 9.53. The molecule has 12 rings (SSSR count). The van der Waals surface area contributed by atoms with Crippen molar-refractivity contribution in [3.63, 3.8) is 0 Å². The second-order valence-corrected chi connectivity index (χ2v) is 35.0. The molecule has 8 aromatic rings. The number of rotatable bonds is 32. The van der Waals surface area contributed by atoms with Crippen LogP contribution in [0, 0.1) is 0 Å². The number of unbranched alkanes of at least 4 members (excludes halogenated alkanes) is 7. The third kappa shape index (κ3) is 22.3. The van der Waals surface area contributed by atoms with Crippen LogP contribution < -0.4 is 14.9 Å². The van der Waals surface area contributed by atoms with Crippen molar-refractivity contribution >= 4 is 86.6 Å². The summed E-state index contributed by atoms with van der Waals surface area (Å²) in [6.45, 7) is 13.5. The van der Waals surface area contributed by atoms with Crippen molar-refractivity contribution < 1.29 is 85.8 Å². The number of aryl methyl sites for hydroxylation is 1. The Bertz CT molecular complexity index is 5170. The minimum atomic E-state index is -4.78. The number of anilines is 1. The van der Waals surface area contributed by atoms with Gasteiger partial charge in [0.25, 0.3) is 21.9 Å². The normalized spacial score (nSPS) is 15.6. The Hall–Kier alpha value is -9.36. The van der Waals surface area contributed by atoms with Crippen LogP contribution in [0.5, 0.6) is 0 Å². The van der Waals surface area contributed by atoms with Crippen LogP contribution in [0.15, 0.2) is 226 Å². The van der Waals surface area contributed by atoms with Crippen molar-refractivity contribution in [2.24, 2.45) is 4.99 Å². The summed E-state index contributed by atoms with van der Waals surface area (Å²) in [7, 11) is -17.6. The molecule has 0 saturated carbocycles. The molecule has 9 heterocycles. The van der Waals surface area contributed by atoms with Crippen LogP contribution in [-0.2, 0) is 96.9 Å². The first-order valence-electron chi connectivity index (χ1n) is 36.9. The van der Waals surface area contributed by atoms with Gasteiger partial charge in [0.15, 0.2) is 5.71 Å². The van der Waals surface area contributed by atoms with E-state index in [1.807, 2.05) is 150 Å². The number of amides is 3. The molecule has 0 fully saturated rings. The minimum Gasteiger partial charge on any atom is -0.744 e. The molecule has 0 spiro atoms.